The summed E-state index contributed by atoms with van der Waals surface area (Å²) in [6.07, 6.45) is 0.947. The number of nitrogens with two attached hydrogens (primary N) is 1. The van der Waals surface area contributed by atoms with E-state index in [0.717, 1.165) is 24.5 Å². The van der Waals surface area contributed by atoms with Crippen LogP contribution >= 0.6 is 0 Å². The van der Waals surface area contributed by atoms with Crippen molar-refractivity contribution in [3.8, 4) is 6.07 Å². The van der Waals surface area contributed by atoms with Crippen LogP contribution in [0.1, 0.15) is 25.3 Å². The molecule has 1 aromatic carbocycles. The molecule has 9 heteroatoms. The van der Waals surface area contributed by atoms with Gasteiger partial charge in [0.15, 0.2) is 9.84 Å². The number of carbonyl (C=O) groups is 1. The molecule has 2 N–H and O–H groups in total. The number of hydrogen-bond acceptors (Lipinski definition) is 7. The number of rotatable bonds is 4. The fraction of sp³-hybridized carbons (Fsp3) is 0.294. The van der Waals surface area contributed by atoms with E-state index in [1.54, 1.807) is 6.92 Å². The van der Waals surface area contributed by atoms with Crippen LogP contribution in [0.2, 0.25) is 0 Å². The van der Waals surface area contributed by atoms with Gasteiger partial charge in [-0.25, -0.2) is 17.6 Å². The highest BCUT2D eigenvalue weighted by atomic mass is 32.2. The van der Waals surface area contributed by atoms with Gasteiger partial charge in [0.1, 0.15) is 23.2 Å². The summed E-state index contributed by atoms with van der Waals surface area (Å²) < 4.78 is 48.4. The molecule has 2 rings (SSSR count). The molecule has 1 aliphatic rings. The molecular formula is C17H17FN2O5S. The van der Waals surface area contributed by atoms with Gasteiger partial charge < -0.3 is 15.2 Å². The van der Waals surface area contributed by atoms with Crippen LogP contribution in [0.15, 0.2) is 45.9 Å². The van der Waals surface area contributed by atoms with Crippen molar-refractivity contribution >= 4 is 15.8 Å². The minimum absolute atomic E-state index is 0.0471. The van der Waals surface area contributed by atoms with Crippen molar-refractivity contribution in [2.24, 2.45) is 5.73 Å². The van der Waals surface area contributed by atoms with Crippen LogP contribution in [0.4, 0.5) is 4.39 Å². The number of benzene rings is 1. The first-order valence-electron chi connectivity index (χ1n) is 7.56. The normalized spacial score (nSPS) is 17.6. The number of sulfone groups is 1. The third-order valence-corrected chi connectivity index (χ3v) is 4.95. The number of allylic oxidation sites excluding steroid dienone is 2. The summed E-state index contributed by atoms with van der Waals surface area (Å²) in [6.45, 7) is 3.07. The van der Waals surface area contributed by atoms with Crippen LogP contribution < -0.4 is 5.73 Å². The van der Waals surface area contributed by atoms with E-state index >= 15 is 0 Å². The molecule has 0 amide bonds. The zero-order chi connectivity index (χ0) is 19.6. The summed E-state index contributed by atoms with van der Waals surface area (Å²) in [4.78, 5) is 12.2. The first kappa shape index (κ1) is 19.5. The van der Waals surface area contributed by atoms with Crippen molar-refractivity contribution < 1.29 is 27.1 Å². The number of carbonyl (C=O) groups excluding carboxylic acids is 1. The monoisotopic (exact) mass is 380 g/mol. The van der Waals surface area contributed by atoms with E-state index in [1.807, 2.05) is 6.07 Å². The number of halogens is 1. The molecule has 0 saturated heterocycles. The molecule has 1 atom stereocenters. The Morgan fingerprint density at radius 2 is 2.12 bits per heavy atom. The lowest BCUT2D eigenvalue weighted by molar-refractivity contribution is -0.139. The Kier molecular flexibility index (Phi) is 5.37. The summed E-state index contributed by atoms with van der Waals surface area (Å²) in [6, 6.07) is 4.85. The van der Waals surface area contributed by atoms with Crippen LogP contribution in [0, 0.1) is 17.1 Å². The number of nitrogens with zero attached hydrogens (tertiary/aromatic N) is 1. The van der Waals surface area contributed by atoms with E-state index in [2.05, 4.69) is 0 Å². The highest BCUT2D eigenvalue weighted by molar-refractivity contribution is 7.90. The SMILES string of the molecule is CCOC(=O)C1=C(C)OC(N)=C(C#N)C1c1cc(F)ccc1S(C)(=O)=O. The summed E-state index contributed by atoms with van der Waals surface area (Å²) in [5.74, 6) is -3.00. The molecule has 1 unspecified atom stereocenters. The van der Waals surface area contributed by atoms with Gasteiger partial charge in [0.05, 0.1) is 23.0 Å². The third-order valence-electron chi connectivity index (χ3n) is 3.78. The Hall–Kier alpha value is -2.86. The summed E-state index contributed by atoms with van der Waals surface area (Å²) in [5.41, 5.74) is 5.36. The number of hydrogen-bond donors (Lipinski definition) is 1. The second-order valence-corrected chi connectivity index (χ2v) is 7.55. The summed E-state index contributed by atoms with van der Waals surface area (Å²) >= 11 is 0. The molecule has 0 aliphatic carbocycles. The van der Waals surface area contributed by atoms with Crippen LogP contribution in [-0.4, -0.2) is 27.2 Å². The van der Waals surface area contributed by atoms with Gasteiger partial charge in [-0.3, -0.25) is 0 Å². The fourth-order valence-electron chi connectivity index (χ4n) is 2.75. The molecular weight excluding hydrogens is 363 g/mol. The average Bonchev–Trinajstić information content (AvgIpc) is 2.53. The Morgan fingerprint density at radius 3 is 2.65 bits per heavy atom. The van der Waals surface area contributed by atoms with Crippen molar-refractivity contribution in [1.29, 1.82) is 5.26 Å². The molecule has 1 heterocycles. The lowest BCUT2D eigenvalue weighted by atomic mass is 9.83. The highest BCUT2D eigenvalue weighted by Gasteiger charge is 2.38. The van der Waals surface area contributed by atoms with Crippen LogP contribution in [-0.2, 0) is 24.1 Å². The van der Waals surface area contributed by atoms with Gasteiger partial charge in [-0.2, -0.15) is 5.26 Å². The predicted molar refractivity (Wildman–Crippen MR) is 89.5 cm³/mol. The maximum Gasteiger partial charge on any atom is 0.338 e. The van der Waals surface area contributed by atoms with Gasteiger partial charge >= 0.3 is 5.97 Å². The van der Waals surface area contributed by atoms with E-state index in [1.165, 1.54) is 6.92 Å². The predicted octanol–water partition coefficient (Wildman–Crippen LogP) is 1.87. The summed E-state index contributed by atoms with van der Waals surface area (Å²) in [5, 5.41) is 9.49. The number of ether oxygens (including phenoxy) is 2. The first-order valence-corrected chi connectivity index (χ1v) is 9.45. The molecule has 1 aliphatic heterocycles. The molecule has 0 aromatic heterocycles. The van der Waals surface area contributed by atoms with Crippen LogP contribution in [0.25, 0.3) is 0 Å². The molecule has 0 fully saturated rings. The standard InChI is InChI=1S/C17H17FN2O5S/c1-4-24-17(21)14-9(2)25-16(20)12(8-19)15(14)11-7-10(18)5-6-13(11)26(3,22)23/h5-7,15H,4,20H2,1-3H3. The highest BCUT2D eigenvalue weighted by Crippen LogP contribution is 2.42. The maximum absolute atomic E-state index is 13.9. The minimum atomic E-state index is -3.78. The second kappa shape index (κ2) is 7.17. The van der Waals surface area contributed by atoms with Gasteiger partial charge in [0.2, 0.25) is 5.88 Å². The van der Waals surface area contributed by atoms with Gasteiger partial charge in [-0.15, -0.1) is 0 Å². The topological polar surface area (TPSA) is 119 Å². The number of esters is 1. The van der Waals surface area contributed by atoms with Gasteiger partial charge in [-0.1, -0.05) is 0 Å². The fourth-order valence-corrected chi connectivity index (χ4v) is 3.67. The molecule has 1 aromatic rings. The Bertz CT molecular complexity index is 973. The lowest BCUT2D eigenvalue weighted by Gasteiger charge is -2.27. The van der Waals surface area contributed by atoms with E-state index in [-0.39, 0.29) is 39.9 Å². The van der Waals surface area contributed by atoms with Gasteiger partial charge in [0, 0.05) is 6.26 Å². The molecule has 0 bridgehead atoms. The third kappa shape index (κ3) is 3.55. The van der Waals surface area contributed by atoms with Crippen molar-refractivity contribution in [3.63, 3.8) is 0 Å². The largest absolute Gasteiger partial charge is 0.463 e. The van der Waals surface area contributed by atoms with Crippen molar-refractivity contribution in [2.45, 2.75) is 24.7 Å². The Labute approximate surface area is 150 Å². The van der Waals surface area contributed by atoms with E-state index < -0.39 is 27.5 Å². The molecule has 0 radical (unpaired) electrons. The van der Waals surface area contributed by atoms with Gasteiger partial charge in [0.25, 0.3) is 0 Å². The van der Waals surface area contributed by atoms with E-state index in [0.29, 0.717) is 0 Å². The molecule has 0 spiro atoms. The molecule has 0 saturated carbocycles. The Morgan fingerprint density at radius 1 is 1.46 bits per heavy atom. The van der Waals surface area contributed by atoms with Crippen LogP contribution in [0.5, 0.6) is 0 Å². The van der Waals surface area contributed by atoms with Crippen molar-refractivity contribution in [3.05, 3.63) is 52.4 Å². The molecule has 7 nitrogen and oxygen atoms in total. The second-order valence-electron chi connectivity index (χ2n) is 5.57. The maximum atomic E-state index is 13.9. The first-order chi connectivity index (χ1) is 12.1. The van der Waals surface area contributed by atoms with E-state index in [9.17, 15) is 22.9 Å². The zero-order valence-corrected chi connectivity index (χ0v) is 15.2. The molecule has 26 heavy (non-hydrogen) atoms. The minimum Gasteiger partial charge on any atom is -0.463 e. The Balaban J connectivity index is 2.85. The average molecular weight is 380 g/mol. The number of nitriles is 1. The van der Waals surface area contributed by atoms with Crippen molar-refractivity contribution in [1.82, 2.24) is 0 Å². The zero-order valence-electron chi connectivity index (χ0n) is 14.4. The molecule has 138 valence electrons. The smallest absolute Gasteiger partial charge is 0.338 e. The van der Waals surface area contributed by atoms with E-state index in [4.69, 9.17) is 15.2 Å². The summed E-state index contributed by atoms with van der Waals surface area (Å²) in [7, 11) is -3.78. The quantitative estimate of drug-likeness (QED) is 0.625. The van der Waals surface area contributed by atoms with Crippen LogP contribution in [0.3, 0.4) is 0 Å². The van der Waals surface area contributed by atoms with Gasteiger partial charge in [-0.05, 0) is 37.6 Å². The lowest BCUT2D eigenvalue weighted by Crippen LogP contribution is -2.26. The van der Waals surface area contributed by atoms with Crippen molar-refractivity contribution in [2.75, 3.05) is 12.9 Å².